The SMILES string of the molecule is COc1ccc(CC(=O)OCC(=O)Nc2cccc(C)c2)cc1OC. The molecule has 1 N–H and O–H groups in total. The number of carbonyl (C=O) groups is 2. The van der Waals surface area contributed by atoms with Gasteiger partial charge < -0.3 is 19.5 Å². The van der Waals surface area contributed by atoms with Crippen molar-refractivity contribution in [2.75, 3.05) is 26.1 Å². The van der Waals surface area contributed by atoms with Gasteiger partial charge in [-0.1, -0.05) is 18.2 Å². The lowest BCUT2D eigenvalue weighted by atomic mass is 10.1. The maximum atomic E-state index is 11.9. The number of anilines is 1. The van der Waals surface area contributed by atoms with Gasteiger partial charge in [0.2, 0.25) is 0 Å². The number of hydrogen-bond donors (Lipinski definition) is 1. The van der Waals surface area contributed by atoms with Crippen molar-refractivity contribution in [2.24, 2.45) is 0 Å². The van der Waals surface area contributed by atoms with Gasteiger partial charge in [-0.25, -0.2) is 0 Å². The highest BCUT2D eigenvalue weighted by atomic mass is 16.5. The first-order chi connectivity index (χ1) is 12.0. The van der Waals surface area contributed by atoms with Crippen LogP contribution in [-0.2, 0) is 20.7 Å². The minimum absolute atomic E-state index is 0.0398. The van der Waals surface area contributed by atoms with E-state index in [0.29, 0.717) is 22.7 Å². The summed E-state index contributed by atoms with van der Waals surface area (Å²) in [4.78, 5) is 23.7. The molecule has 0 atom stereocenters. The fourth-order valence-electron chi connectivity index (χ4n) is 2.27. The molecule has 0 radical (unpaired) electrons. The molecule has 6 nitrogen and oxygen atoms in total. The summed E-state index contributed by atoms with van der Waals surface area (Å²) in [6, 6.07) is 12.5. The number of nitrogens with one attached hydrogen (secondary N) is 1. The molecular formula is C19H21NO5. The fraction of sp³-hybridized carbons (Fsp3) is 0.263. The molecule has 6 heteroatoms. The molecule has 1 amide bonds. The van der Waals surface area contributed by atoms with Gasteiger partial charge in [-0.3, -0.25) is 9.59 Å². The van der Waals surface area contributed by atoms with Gasteiger partial charge in [0.1, 0.15) is 0 Å². The van der Waals surface area contributed by atoms with E-state index in [9.17, 15) is 9.59 Å². The van der Waals surface area contributed by atoms with Crippen LogP contribution in [-0.4, -0.2) is 32.7 Å². The molecule has 0 saturated carbocycles. The fourth-order valence-corrected chi connectivity index (χ4v) is 2.27. The summed E-state index contributed by atoms with van der Waals surface area (Å²) in [5.74, 6) is 0.236. The van der Waals surface area contributed by atoms with Crippen molar-refractivity contribution < 1.29 is 23.8 Å². The Morgan fingerprint density at radius 1 is 1.00 bits per heavy atom. The number of amides is 1. The Morgan fingerprint density at radius 2 is 1.76 bits per heavy atom. The number of carbonyl (C=O) groups excluding carboxylic acids is 2. The van der Waals surface area contributed by atoms with Crippen LogP contribution in [0.2, 0.25) is 0 Å². The zero-order valence-electron chi connectivity index (χ0n) is 14.5. The molecule has 2 aromatic carbocycles. The molecule has 0 aromatic heterocycles. The summed E-state index contributed by atoms with van der Waals surface area (Å²) in [7, 11) is 3.06. The zero-order valence-corrected chi connectivity index (χ0v) is 14.5. The molecule has 0 aliphatic heterocycles. The molecule has 0 spiro atoms. The van der Waals surface area contributed by atoms with Crippen LogP contribution in [0.5, 0.6) is 11.5 Å². The lowest BCUT2D eigenvalue weighted by molar-refractivity contribution is -0.146. The third-order valence-electron chi connectivity index (χ3n) is 3.46. The first kappa shape index (κ1) is 18.3. The van der Waals surface area contributed by atoms with E-state index in [1.165, 1.54) is 7.11 Å². The third-order valence-corrected chi connectivity index (χ3v) is 3.46. The van der Waals surface area contributed by atoms with E-state index >= 15 is 0 Å². The minimum atomic E-state index is -0.494. The van der Waals surface area contributed by atoms with Gasteiger partial charge in [-0.2, -0.15) is 0 Å². The lowest BCUT2D eigenvalue weighted by Gasteiger charge is -2.10. The highest BCUT2D eigenvalue weighted by Gasteiger charge is 2.11. The van der Waals surface area contributed by atoms with Gasteiger partial charge >= 0.3 is 5.97 Å². The molecule has 0 unspecified atom stereocenters. The van der Waals surface area contributed by atoms with E-state index in [0.717, 1.165) is 5.56 Å². The van der Waals surface area contributed by atoms with Crippen molar-refractivity contribution in [3.05, 3.63) is 53.6 Å². The van der Waals surface area contributed by atoms with Crippen LogP contribution in [0.4, 0.5) is 5.69 Å². The number of rotatable bonds is 7. The van der Waals surface area contributed by atoms with E-state index in [-0.39, 0.29) is 18.9 Å². The van der Waals surface area contributed by atoms with E-state index in [4.69, 9.17) is 14.2 Å². The van der Waals surface area contributed by atoms with Crippen LogP contribution in [0.25, 0.3) is 0 Å². The summed E-state index contributed by atoms with van der Waals surface area (Å²) in [5, 5.41) is 2.68. The lowest BCUT2D eigenvalue weighted by Crippen LogP contribution is -2.21. The van der Waals surface area contributed by atoms with Crippen molar-refractivity contribution in [1.82, 2.24) is 0 Å². The van der Waals surface area contributed by atoms with Crippen LogP contribution in [0.15, 0.2) is 42.5 Å². The molecule has 0 fully saturated rings. The molecule has 25 heavy (non-hydrogen) atoms. The third kappa shape index (κ3) is 5.53. The first-order valence-electron chi connectivity index (χ1n) is 7.75. The monoisotopic (exact) mass is 343 g/mol. The molecule has 132 valence electrons. The van der Waals surface area contributed by atoms with Crippen LogP contribution in [0.1, 0.15) is 11.1 Å². The number of ether oxygens (including phenoxy) is 3. The number of aryl methyl sites for hydroxylation is 1. The average Bonchev–Trinajstić information content (AvgIpc) is 2.60. The second kappa shape index (κ2) is 8.73. The largest absolute Gasteiger partial charge is 0.493 e. The van der Waals surface area contributed by atoms with Crippen molar-refractivity contribution in [3.63, 3.8) is 0 Å². The molecule has 2 rings (SSSR count). The Labute approximate surface area is 146 Å². The molecule has 0 saturated heterocycles. The standard InChI is InChI=1S/C19H21NO5/c1-13-5-4-6-15(9-13)20-18(21)12-25-19(22)11-14-7-8-16(23-2)17(10-14)24-3/h4-10H,11-12H2,1-3H3,(H,20,21). The number of esters is 1. The number of benzene rings is 2. The smallest absolute Gasteiger partial charge is 0.310 e. The summed E-state index contributed by atoms with van der Waals surface area (Å²) in [5.41, 5.74) is 2.41. The zero-order chi connectivity index (χ0) is 18.2. The van der Waals surface area contributed by atoms with Gasteiger partial charge in [-0.15, -0.1) is 0 Å². The van der Waals surface area contributed by atoms with Gasteiger partial charge in [0.15, 0.2) is 18.1 Å². The van der Waals surface area contributed by atoms with Crippen LogP contribution >= 0.6 is 0 Å². The van der Waals surface area contributed by atoms with Crippen LogP contribution < -0.4 is 14.8 Å². The Balaban J connectivity index is 1.85. The minimum Gasteiger partial charge on any atom is -0.493 e. The highest BCUT2D eigenvalue weighted by Crippen LogP contribution is 2.27. The predicted octanol–water partition coefficient (Wildman–Crippen LogP) is 2.74. The Morgan fingerprint density at radius 3 is 2.44 bits per heavy atom. The maximum Gasteiger partial charge on any atom is 0.310 e. The van der Waals surface area contributed by atoms with E-state index in [2.05, 4.69) is 5.32 Å². The highest BCUT2D eigenvalue weighted by molar-refractivity contribution is 5.92. The molecule has 0 aliphatic rings. The molecule has 2 aromatic rings. The second-order valence-corrected chi connectivity index (χ2v) is 5.44. The summed E-state index contributed by atoms with van der Waals surface area (Å²) in [6.07, 6.45) is 0.0398. The molecule has 0 heterocycles. The van der Waals surface area contributed by atoms with E-state index < -0.39 is 5.97 Å². The molecule has 0 bridgehead atoms. The Bertz CT molecular complexity index is 757. The Kier molecular flexibility index (Phi) is 6.39. The topological polar surface area (TPSA) is 73.9 Å². The van der Waals surface area contributed by atoms with Crippen LogP contribution in [0, 0.1) is 6.92 Å². The van der Waals surface area contributed by atoms with E-state index in [1.54, 1.807) is 31.4 Å². The van der Waals surface area contributed by atoms with Crippen molar-refractivity contribution in [1.29, 1.82) is 0 Å². The quantitative estimate of drug-likeness (QED) is 0.783. The molecular weight excluding hydrogens is 322 g/mol. The van der Waals surface area contributed by atoms with E-state index in [1.807, 2.05) is 25.1 Å². The molecule has 0 aliphatic carbocycles. The van der Waals surface area contributed by atoms with Gasteiger partial charge in [0.05, 0.1) is 20.6 Å². The van der Waals surface area contributed by atoms with Crippen molar-refractivity contribution >= 4 is 17.6 Å². The van der Waals surface area contributed by atoms with Gasteiger partial charge in [0, 0.05) is 5.69 Å². The van der Waals surface area contributed by atoms with Gasteiger partial charge in [-0.05, 0) is 42.3 Å². The number of hydrogen-bond acceptors (Lipinski definition) is 5. The second-order valence-electron chi connectivity index (χ2n) is 5.44. The van der Waals surface area contributed by atoms with Crippen molar-refractivity contribution in [3.8, 4) is 11.5 Å². The normalized spacial score (nSPS) is 10.0. The summed E-state index contributed by atoms with van der Waals surface area (Å²) >= 11 is 0. The maximum absolute atomic E-state index is 11.9. The van der Waals surface area contributed by atoms with Crippen LogP contribution in [0.3, 0.4) is 0 Å². The first-order valence-corrected chi connectivity index (χ1v) is 7.75. The van der Waals surface area contributed by atoms with Gasteiger partial charge in [0.25, 0.3) is 5.91 Å². The number of methoxy groups -OCH3 is 2. The summed E-state index contributed by atoms with van der Waals surface area (Å²) < 4.78 is 15.4. The predicted molar refractivity (Wildman–Crippen MR) is 94.0 cm³/mol. The average molecular weight is 343 g/mol. The Hall–Kier alpha value is -3.02. The summed E-state index contributed by atoms with van der Waals surface area (Å²) in [6.45, 7) is 1.60. The van der Waals surface area contributed by atoms with Crippen molar-refractivity contribution in [2.45, 2.75) is 13.3 Å².